The van der Waals surface area contributed by atoms with Crippen LogP contribution < -0.4 is 0 Å². The summed E-state index contributed by atoms with van der Waals surface area (Å²) in [5.41, 5.74) is 11.9. The number of hydrogen-bond donors (Lipinski definition) is 0. The molecule has 6 aromatic carbocycles. The van der Waals surface area contributed by atoms with E-state index in [0.717, 1.165) is 72.0 Å². The van der Waals surface area contributed by atoms with Gasteiger partial charge in [-0.05, 0) is 94.0 Å². The molecular formula is C44H25N5. The second-order valence-corrected chi connectivity index (χ2v) is 11.7. The molecule has 0 fully saturated rings. The van der Waals surface area contributed by atoms with Crippen molar-refractivity contribution in [1.29, 1.82) is 15.8 Å². The zero-order chi connectivity index (χ0) is 33.3. The highest BCUT2D eigenvalue weighted by Crippen LogP contribution is 2.42. The van der Waals surface area contributed by atoms with Crippen molar-refractivity contribution in [2.75, 3.05) is 0 Å². The molecule has 0 N–H and O–H groups in total. The van der Waals surface area contributed by atoms with Crippen molar-refractivity contribution in [2.24, 2.45) is 0 Å². The number of aromatic nitrogens is 2. The average Bonchev–Trinajstić information content (AvgIpc) is 3.50. The Labute approximate surface area is 283 Å². The number of fused-ring (bicyclic) bond motifs is 3. The molecule has 2 aromatic heterocycles. The summed E-state index contributed by atoms with van der Waals surface area (Å²) in [6.07, 6.45) is 3.48. The summed E-state index contributed by atoms with van der Waals surface area (Å²) < 4.78 is 2.23. The lowest BCUT2D eigenvalue weighted by atomic mass is 9.93. The molecule has 0 spiro atoms. The molecule has 0 radical (unpaired) electrons. The topological polar surface area (TPSA) is 89.2 Å². The Morgan fingerprint density at radius 3 is 1.47 bits per heavy atom. The lowest BCUT2D eigenvalue weighted by molar-refractivity contribution is 1.18. The molecule has 0 saturated carbocycles. The van der Waals surface area contributed by atoms with Crippen molar-refractivity contribution in [1.82, 2.24) is 9.55 Å². The van der Waals surface area contributed by atoms with Gasteiger partial charge in [-0.1, -0.05) is 78.9 Å². The Morgan fingerprint density at radius 2 is 0.918 bits per heavy atom. The second kappa shape index (κ2) is 12.2. The fourth-order valence-corrected chi connectivity index (χ4v) is 6.77. The molecule has 5 nitrogen and oxygen atoms in total. The summed E-state index contributed by atoms with van der Waals surface area (Å²) in [7, 11) is 0. The SMILES string of the molecule is N#Cc1ccccc1-c1ccc2c(c1)c1cc(-c3ccccc3C#N)ccc1n2-c1cc(C#N)c(-c2ccncc2)cc1-c1ccccc1. The standard InChI is InChI=1S/C44H25N5/c45-26-33-10-4-6-12-36(33)31-14-16-42-40(22-31)41-23-32(37-13-7-5-11-34(37)27-46)15-17-43(41)49(42)44-24-35(28-47)38(30-18-20-48-21-19-30)25-39(44)29-8-2-1-3-9-29/h1-25H. The van der Waals surface area contributed by atoms with Crippen molar-refractivity contribution < 1.29 is 0 Å². The van der Waals surface area contributed by atoms with Gasteiger partial charge in [-0.25, -0.2) is 0 Å². The van der Waals surface area contributed by atoms with Crippen LogP contribution in [-0.2, 0) is 0 Å². The lowest BCUT2D eigenvalue weighted by Gasteiger charge is -2.17. The number of nitriles is 3. The van der Waals surface area contributed by atoms with Crippen LogP contribution in [0.4, 0.5) is 0 Å². The third-order valence-electron chi connectivity index (χ3n) is 9.06. The van der Waals surface area contributed by atoms with Crippen LogP contribution in [-0.4, -0.2) is 9.55 Å². The number of benzene rings is 6. The van der Waals surface area contributed by atoms with E-state index in [9.17, 15) is 15.8 Å². The molecule has 0 unspecified atom stereocenters. The predicted octanol–water partition coefficient (Wildman–Crippen LogP) is 10.5. The van der Waals surface area contributed by atoms with E-state index in [1.807, 2.05) is 84.9 Å². The van der Waals surface area contributed by atoms with E-state index in [2.05, 4.69) is 82.4 Å². The summed E-state index contributed by atoms with van der Waals surface area (Å²) in [6.45, 7) is 0. The molecule has 0 aliphatic carbocycles. The predicted molar refractivity (Wildman–Crippen MR) is 194 cm³/mol. The molecule has 0 saturated heterocycles. The summed E-state index contributed by atoms with van der Waals surface area (Å²) in [5.74, 6) is 0. The van der Waals surface area contributed by atoms with Crippen LogP contribution in [0, 0.1) is 34.0 Å². The van der Waals surface area contributed by atoms with Crippen LogP contribution >= 0.6 is 0 Å². The van der Waals surface area contributed by atoms with Crippen LogP contribution in [0.5, 0.6) is 0 Å². The third kappa shape index (κ3) is 4.99. The minimum absolute atomic E-state index is 0.551. The van der Waals surface area contributed by atoms with Gasteiger partial charge in [0.25, 0.3) is 0 Å². The van der Waals surface area contributed by atoms with Crippen LogP contribution in [0.15, 0.2) is 152 Å². The number of rotatable bonds is 5. The lowest BCUT2D eigenvalue weighted by Crippen LogP contribution is -2.00. The van der Waals surface area contributed by atoms with Gasteiger partial charge in [0.05, 0.1) is 51.6 Å². The second-order valence-electron chi connectivity index (χ2n) is 11.7. The molecule has 0 amide bonds. The molecular weight excluding hydrogens is 599 g/mol. The van der Waals surface area contributed by atoms with Gasteiger partial charge in [0.2, 0.25) is 0 Å². The molecule has 8 aromatic rings. The van der Waals surface area contributed by atoms with Crippen LogP contribution in [0.3, 0.4) is 0 Å². The highest BCUT2D eigenvalue weighted by atomic mass is 15.0. The number of nitrogens with zero attached hydrogens (tertiary/aromatic N) is 5. The van der Waals surface area contributed by atoms with Crippen molar-refractivity contribution in [3.05, 3.63) is 169 Å². The maximum Gasteiger partial charge on any atom is 0.0998 e. The van der Waals surface area contributed by atoms with E-state index in [4.69, 9.17) is 0 Å². The Balaban J connectivity index is 1.48. The molecule has 0 aliphatic heterocycles. The Kier molecular flexibility index (Phi) is 7.24. The summed E-state index contributed by atoms with van der Waals surface area (Å²) in [4.78, 5) is 4.19. The fourth-order valence-electron chi connectivity index (χ4n) is 6.77. The largest absolute Gasteiger partial charge is 0.309 e. The van der Waals surface area contributed by atoms with Gasteiger partial charge in [0.1, 0.15) is 0 Å². The minimum atomic E-state index is 0.551. The van der Waals surface area contributed by atoms with Crippen molar-refractivity contribution >= 4 is 21.8 Å². The van der Waals surface area contributed by atoms with Gasteiger partial charge in [-0.2, -0.15) is 15.8 Å². The molecule has 2 heterocycles. The number of pyridine rings is 1. The fraction of sp³-hybridized carbons (Fsp3) is 0. The minimum Gasteiger partial charge on any atom is -0.309 e. The zero-order valence-electron chi connectivity index (χ0n) is 26.2. The van der Waals surface area contributed by atoms with E-state index < -0.39 is 0 Å². The third-order valence-corrected chi connectivity index (χ3v) is 9.06. The van der Waals surface area contributed by atoms with E-state index in [-0.39, 0.29) is 0 Å². The van der Waals surface area contributed by atoms with Gasteiger partial charge in [0, 0.05) is 34.3 Å². The monoisotopic (exact) mass is 623 g/mol. The van der Waals surface area contributed by atoms with Crippen LogP contribution in [0.25, 0.3) is 72.0 Å². The first kappa shape index (κ1) is 29.2. The molecule has 5 heteroatoms. The summed E-state index contributed by atoms with van der Waals surface area (Å²) in [5, 5.41) is 32.3. The average molecular weight is 624 g/mol. The van der Waals surface area contributed by atoms with Crippen molar-refractivity contribution in [3.8, 4) is 68.4 Å². The number of hydrogen-bond acceptors (Lipinski definition) is 4. The van der Waals surface area contributed by atoms with E-state index in [0.29, 0.717) is 16.7 Å². The first-order valence-electron chi connectivity index (χ1n) is 15.8. The van der Waals surface area contributed by atoms with E-state index in [1.165, 1.54) is 0 Å². The van der Waals surface area contributed by atoms with Crippen molar-refractivity contribution in [3.63, 3.8) is 0 Å². The van der Waals surface area contributed by atoms with Crippen LogP contribution in [0.2, 0.25) is 0 Å². The highest BCUT2D eigenvalue weighted by molar-refractivity contribution is 6.12. The Hall–Kier alpha value is -7.26. The maximum absolute atomic E-state index is 10.5. The Bertz CT molecular complexity index is 2570. The summed E-state index contributed by atoms with van der Waals surface area (Å²) >= 11 is 0. The first-order chi connectivity index (χ1) is 24.2. The van der Waals surface area contributed by atoms with E-state index >= 15 is 0 Å². The molecule has 0 bridgehead atoms. The van der Waals surface area contributed by atoms with E-state index in [1.54, 1.807) is 12.4 Å². The molecule has 49 heavy (non-hydrogen) atoms. The van der Waals surface area contributed by atoms with Gasteiger partial charge in [-0.15, -0.1) is 0 Å². The maximum atomic E-state index is 10.5. The normalized spacial score (nSPS) is 10.8. The molecule has 0 aliphatic rings. The van der Waals surface area contributed by atoms with Gasteiger partial charge < -0.3 is 4.57 Å². The Morgan fingerprint density at radius 1 is 0.408 bits per heavy atom. The first-order valence-corrected chi connectivity index (χ1v) is 15.8. The highest BCUT2D eigenvalue weighted by Gasteiger charge is 2.21. The summed E-state index contributed by atoms with van der Waals surface area (Å²) in [6, 6.07) is 53.1. The zero-order valence-corrected chi connectivity index (χ0v) is 26.2. The van der Waals surface area contributed by atoms with Crippen molar-refractivity contribution in [2.45, 2.75) is 0 Å². The quantitative estimate of drug-likeness (QED) is 0.191. The van der Waals surface area contributed by atoms with Gasteiger partial charge in [-0.3, -0.25) is 4.98 Å². The molecule has 0 atom stereocenters. The smallest absolute Gasteiger partial charge is 0.0998 e. The molecule has 226 valence electrons. The molecule has 8 rings (SSSR count). The van der Waals surface area contributed by atoms with Crippen LogP contribution in [0.1, 0.15) is 16.7 Å². The van der Waals surface area contributed by atoms with Gasteiger partial charge >= 0.3 is 0 Å². The van der Waals surface area contributed by atoms with Gasteiger partial charge in [0.15, 0.2) is 0 Å².